The van der Waals surface area contributed by atoms with Crippen molar-refractivity contribution in [2.75, 3.05) is 23.8 Å². The molecule has 10 rings (SSSR count). The van der Waals surface area contributed by atoms with Crippen molar-refractivity contribution in [1.29, 1.82) is 0 Å². The summed E-state index contributed by atoms with van der Waals surface area (Å²) in [5, 5.41) is 51.6. The third-order valence-electron chi connectivity index (χ3n) is 20.1. The lowest BCUT2D eigenvalue weighted by atomic mass is 9.44. The number of carbonyl (C=O) groups is 6. The molecule has 0 aromatic heterocycles. The zero-order valence-corrected chi connectivity index (χ0v) is 43.0. The SMILES string of the molecule is C[C@@H]1CC2C3CCC4=CC(=O)C=C[C@]4(C)[C@@]3(F)[C@@H](O)C[C@]2(C)[C@@]1(O)C(=O)COC(=O)Nc1ccc(F)cc1.C[C@@H]1CC2C3CCC4=CC(=O)C=C[C@]4(C)[C@@]3(F)[C@@H](O)C[C@]2(C)[C@@]1(O)C(=O)COC(=O)Nc1ccccc1. The number of halogens is 3. The van der Waals surface area contributed by atoms with E-state index in [0.717, 1.165) is 12.1 Å². The molecule has 0 bridgehead atoms. The Hall–Kier alpha value is -5.75. The average molecular weight is 1040 g/mol. The Morgan fingerprint density at radius 3 is 1.40 bits per heavy atom. The Kier molecular flexibility index (Phi) is 13.5. The number of fused-ring (bicyclic) bond motifs is 10. The summed E-state index contributed by atoms with van der Waals surface area (Å²) < 4.78 is 57.8. The van der Waals surface area contributed by atoms with E-state index in [9.17, 15) is 53.6 Å². The number of hydrogen-bond donors (Lipinski definition) is 6. The van der Waals surface area contributed by atoms with E-state index < -0.39 is 129 Å². The van der Waals surface area contributed by atoms with Gasteiger partial charge in [0.2, 0.25) is 11.6 Å². The number of carbonyl (C=O) groups excluding carboxylic acids is 6. The second kappa shape index (κ2) is 18.8. The van der Waals surface area contributed by atoms with E-state index in [1.165, 1.54) is 36.4 Å². The molecule has 6 N–H and O–H groups in total. The molecule has 0 spiro atoms. The van der Waals surface area contributed by atoms with E-state index in [0.29, 0.717) is 55.4 Å². The van der Waals surface area contributed by atoms with Gasteiger partial charge in [-0.1, -0.05) is 69.2 Å². The number of aliphatic hydroxyl groups is 4. The van der Waals surface area contributed by atoms with Gasteiger partial charge in [-0.3, -0.25) is 29.8 Å². The van der Waals surface area contributed by atoms with Crippen LogP contribution in [0.4, 0.5) is 34.1 Å². The molecule has 0 saturated heterocycles. The van der Waals surface area contributed by atoms with Crippen LogP contribution in [-0.2, 0) is 28.7 Å². The number of benzene rings is 2. The van der Waals surface area contributed by atoms with Crippen LogP contribution in [0.2, 0.25) is 0 Å². The smallest absolute Gasteiger partial charge is 0.412 e. The number of ether oxygens (including phenoxy) is 2. The minimum atomic E-state index is -2.07. The lowest BCUT2D eigenvalue weighted by Crippen LogP contribution is -2.69. The van der Waals surface area contributed by atoms with Gasteiger partial charge < -0.3 is 29.9 Å². The Bertz CT molecular complexity index is 2820. The number of amides is 2. The second-order valence-corrected chi connectivity index (χ2v) is 23.5. The number of Topliss-reactive ketones (excluding diaryl/α,β-unsaturated/α-hetero) is 2. The number of nitrogens with one attached hydrogen (secondary N) is 2. The number of allylic oxidation sites excluding steroid dienone is 8. The zero-order chi connectivity index (χ0) is 54.5. The van der Waals surface area contributed by atoms with Gasteiger partial charge in [-0.05, 0) is 150 Å². The van der Waals surface area contributed by atoms with E-state index in [1.54, 1.807) is 84.0 Å². The van der Waals surface area contributed by atoms with Crippen LogP contribution in [0, 0.1) is 63.0 Å². The summed E-state index contributed by atoms with van der Waals surface area (Å²) in [5.74, 6) is -5.40. The molecule has 8 aliphatic rings. The fourth-order valence-electron chi connectivity index (χ4n) is 16.1. The fourth-order valence-corrected chi connectivity index (χ4v) is 16.1. The molecular weight excluding hydrogens is 974 g/mol. The first-order chi connectivity index (χ1) is 35.1. The zero-order valence-electron chi connectivity index (χ0n) is 43.0. The molecule has 402 valence electrons. The summed E-state index contributed by atoms with van der Waals surface area (Å²) in [7, 11) is 0. The molecule has 6 saturated carbocycles. The molecule has 14 nitrogen and oxygen atoms in total. The molecule has 0 aliphatic heterocycles. The number of hydrogen-bond acceptors (Lipinski definition) is 12. The third-order valence-corrected chi connectivity index (χ3v) is 20.1. The van der Waals surface area contributed by atoms with Crippen molar-refractivity contribution in [1.82, 2.24) is 0 Å². The van der Waals surface area contributed by atoms with E-state index in [2.05, 4.69) is 10.6 Å². The average Bonchev–Trinajstić information content (AvgIpc) is 3.84. The van der Waals surface area contributed by atoms with Crippen molar-refractivity contribution in [3.8, 4) is 0 Å². The monoisotopic (exact) mass is 1040 g/mol. The molecular formula is C58H67F3N2O12. The molecule has 2 aromatic carbocycles. The highest BCUT2D eigenvalue weighted by atomic mass is 19.1. The van der Waals surface area contributed by atoms with Crippen molar-refractivity contribution < 1.29 is 71.8 Å². The van der Waals surface area contributed by atoms with Crippen molar-refractivity contribution in [2.45, 2.75) is 128 Å². The van der Waals surface area contributed by atoms with Gasteiger partial charge >= 0.3 is 12.2 Å². The summed E-state index contributed by atoms with van der Waals surface area (Å²) in [4.78, 5) is 75.5. The third kappa shape index (κ3) is 7.94. The van der Waals surface area contributed by atoms with Gasteiger partial charge in [0.25, 0.3) is 0 Å². The first-order valence-electron chi connectivity index (χ1n) is 26.0. The Morgan fingerprint density at radius 2 is 1.00 bits per heavy atom. The topological polar surface area (TPSA) is 226 Å². The number of para-hydroxylation sites is 1. The molecule has 16 atom stereocenters. The molecule has 6 fully saturated rings. The summed E-state index contributed by atoms with van der Waals surface area (Å²) in [6.07, 6.45) is 6.32. The first-order valence-corrected chi connectivity index (χ1v) is 26.0. The molecule has 75 heavy (non-hydrogen) atoms. The molecule has 0 heterocycles. The minimum Gasteiger partial charge on any atom is -0.441 e. The molecule has 0 radical (unpaired) electrons. The predicted molar refractivity (Wildman–Crippen MR) is 269 cm³/mol. The number of anilines is 2. The van der Waals surface area contributed by atoms with Gasteiger partial charge in [0.05, 0.1) is 12.2 Å². The maximum absolute atomic E-state index is 17.2. The number of alkyl halides is 2. The van der Waals surface area contributed by atoms with Crippen LogP contribution in [0.25, 0.3) is 0 Å². The van der Waals surface area contributed by atoms with Crippen LogP contribution >= 0.6 is 0 Å². The van der Waals surface area contributed by atoms with Crippen LogP contribution < -0.4 is 10.6 Å². The molecule has 2 amide bonds. The highest BCUT2D eigenvalue weighted by Crippen LogP contribution is 2.72. The number of aliphatic hydroxyl groups excluding tert-OH is 2. The first kappa shape index (κ1) is 54.1. The summed E-state index contributed by atoms with van der Waals surface area (Å²) >= 11 is 0. The van der Waals surface area contributed by atoms with E-state index >= 15 is 8.78 Å². The van der Waals surface area contributed by atoms with Gasteiger partial charge in [-0.2, -0.15) is 0 Å². The summed E-state index contributed by atoms with van der Waals surface area (Å²) in [5.41, 5.74) is -10.4. The van der Waals surface area contributed by atoms with Crippen molar-refractivity contribution >= 4 is 46.7 Å². The standard InChI is InChI=1S/C29H33F2NO6.C29H34FNO6/c1-16-12-22-21-9-4-17-13-20(33)10-11-26(17,2)28(21,31)23(34)14-27(22,3)29(16,37)24(35)15-38-25(36)32-19-7-5-18(30)6-8-19;1-17-13-22-21-10-9-18-14-20(32)11-12-26(18,2)28(21,30)23(33)15-27(22,3)29(17,36)24(34)16-37-25(35)31-19-7-5-4-6-8-19/h5-8,10-11,13,16,21-23,34,37H,4,9,12,14-15H2,1-3H3,(H,32,36);4-8,11-12,14,17,21-23,33,36H,9-10,13,15-16H2,1-3H3,(H,31,35)/t16-,21?,22?,23+,26+,27+,28+,29+;17-,21?,22?,23+,26+,27+,28+,29+/m11/s1. The van der Waals surface area contributed by atoms with Crippen LogP contribution in [0.3, 0.4) is 0 Å². The highest BCUT2D eigenvalue weighted by Gasteiger charge is 2.77. The van der Waals surface area contributed by atoms with Crippen LogP contribution in [0.5, 0.6) is 0 Å². The van der Waals surface area contributed by atoms with Crippen LogP contribution in [0.1, 0.15) is 92.9 Å². The summed E-state index contributed by atoms with van der Waals surface area (Å²) in [6.45, 7) is 9.03. The van der Waals surface area contributed by atoms with Crippen LogP contribution in [0.15, 0.2) is 102 Å². The van der Waals surface area contributed by atoms with E-state index in [1.807, 2.05) is 0 Å². The van der Waals surface area contributed by atoms with Gasteiger partial charge in [0.1, 0.15) is 17.0 Å². The lowest BCUT2D eigenvalue weighted by molar-refractivity contribution is -0.219. The normalized spacial score (nSPS) is 41.8. The molecule has 8 aliphatic carbocycles. The summed E-state index contributed by atoms with van der Waals surface area (Å²) in [6, 6.07) is 13.6. The van der Waals surface area contributed by atoms with E-state index in [4.69, 9.17) is 9.47 Å². The minimum absolute atomic E-state index is 0.127. The molecule has 2 aromatic rings. The Morgan fingerprint density at radius 1 is 0.613 bits per heavy atom. The second-order valence-electron chi connectivity index (χ2n) is 23.5. The largest absolute Gasteiger partial charge is 0.441 e. The Balaban J connectivity index is 0.000000184. The van der Waals surface area contributed by atoms with Gasteiger partial charge in [-0.15, -0.1) is 0 Å². The van der Waals surface area contributed by atoms with E-state index in [-0.39, 0.29) is 36.0 Å². The quantitative estimate of drug-likeness (QED) is 0.147. The van der Waals surface area contributed by atoms with Gasteiger partial charge in [-0.25, -0.2) is 22.8 Å². The van der Waals surface area contributed by atoms with Gasteiger partial charge in [0.15, 0.2) is 36.1 Å². The number of ketones is 4. The maximum atomic E-state index is 17.2. The maximum Gasteiger partial charge on any atom is 0.412 e. The number of rotatable bonds is 8. The molecule has 4 unspecified atom stereocenters. The highest BCUT2D eigenvalue weighted by molar-refractivity contribution is 6.02. The van der Waals surface area contributed by atoms with Crippen molar-refractivity contribution in [3.05, 3.63) is 108 Å². The van der Waals surface area contributed by atoms with Crippen molar-refractivity contribution in [3.63, 3.8) is 0 Å². The fraction of sp³-hybridized carbons (Fsp3) is 0.552. The van der Waals surface area contributed by atoms with Crippen molar-refractivity contribution in [2.24, 2.45) is 57.2 Å². The molecule has 17 heteroatoms. The Labute approximate surface area is 433 Å². The van der Waals surface area contributed by atoms with Gasteiger partial charge in [0, 0.05) is 44.9 Å². The van der Waals surface area contributed by atoms with Crippen LogP contribution in [-0.4, -0.2) is 104 Å². The lowest BCUT2D eigenvalue weighted by Gasteiger charge is -2.62. The predicted octanol–water partition coefficient (Wildman–Crippen LogP) is 8.44.